The van der Waals surface area contributed by atoms with E-state index in [1.54, 1.807) is 35.1 Å². The maximum absolute atomic E-state index is 12.6. The fourth-order valence-corrected chi connectivity index (χ4v) is 8.18. The first kappa shape index (κ1) is 39.5. The number of amides is 3. The fourth-order valence-electron chi connectivity index (χ4n) is 6.47. The third-order valence-electron chi connectivity index (χ3n) is 9.14. The topological polar surface area (TPSA) is 164 Å². The normalized spacial score (nSPS) is 17.0. The van der Waals surface area contributed by atoms with Gasteiger partial charge in [-0.3, -0.25) is 29.3 Å². The number of carbonyl (C=O) groups excluding carboxylic acids is 3. The Morgan fingerprint density at radius 3 is 1.62 bits per heavy atom. The molecule has 0 radical (unpaired) electrons. The lowest BCUT2D eigenvalue weighted by Gasteiger charge is -2.30. The lowest BCUT2D eigenvalue weighted by Crippen LogP contribution is -2.43. The van der Waals surface area contributed by atoms with Crippen LogP contribution in [-0.2, 0) is 4.79 Å². The molecule has 0 atom stereocenters. The van der Waals surface area contributed by atoms with Gasteiger partial charge < -0.3 is 36.0 Å². The number of piperazine rings is 2. The Labute approximate surface area is 319 Å². The van der Waals surface area contributed by atoms with Gasteiger partial charge in [0.05, 0.1) is 35.1 Å². The van der Waals surface area contributed by atoms with Crippen molar-refractivity contribution >= 4 is 73.4 Å². The van der Waals surface area contributed by atoms with E-state index in [0.717, 1.165) is 94.1 Å². The molecule has 8 heterocycles. The molecule has 0 aliphatic carbocycles. The molecule has 4 N–H and O–H groups in total. The van der Waals surface area contributed by atoms with Crippen LogP contribution in [0.5, 0.6) is 0 Å². The number of aromatic nitrogens is 4. The van der Waals surface area contributed by atoms with Crippen LogP contribution < -0.4 is 40.9 Å². The largest absolute Gasteiger partial charge is 0.367 e. The van der Waals surface area contributed by atoms with Crippen LogP contribution in [0.4, 0.5) is 33.0 Å². The number of rotatable bonds is 8. The van der Waals surface area contributed by atoms with Gasteiger partial charge in [0.2, 0.25) is 5.91 Å². The van der Waals surface area contributed by atoms with Crippen molar-refractivity contribution in [3.05, 3.63) is 59.1 Å². The molecule has 17 heteroatoms. The summed E-state index contributed by atoms with van der Waals surface area (Å²) in [6.45, 7) is 10.0. The minimum absolute atomic E-state index is 0. The van der Waals surface area contributed by atoms with E-state index >= 15 is 0 Å². The fraction of sp³-hybridized carbons (Fsp3) is 0.472. The van der Waals surface area contributed by atoms with E-state index in [-0.39, 0.29) is 32.6 Å². The van der Waals surface area contributed by atoms with Crippen molar-refractivity contribution in [1.29, 1.82) is 0 Å². The average Bonchev–Trinajstić information content (AvgIpc) is 4.01. The van der Waals surface area contributed by atoms with Crippen molar-refractivity contribution in [1.82, 2.24) is 30.6 Å². The van der Waals surface area contributed by atoms with Crippen LogP contribution in [0.25, 0.3) is 0 Å². The molecule has 4 aromatic rings. The van der Waals surface area contributed by atoms with Crippen molar-refractivity contribution in [3.8, 4) is 0 Å². The summed E-state index contributed by atoms with van der Waals surface area (Å²) in [4.78, 5) is 62.7. The van der Waals surface area contributed by atoms with Crippen LogP contribution in [-0.4, -0.2) is 110 Å². The third-order valence-corrected chi connectivity index (χ3v) is 10.9. The molecule has 53 heavy (non-hydrogen) atoms. The molecule has 4 aromatic heterocycles. The van der Waals surface area contributed by atoms with Crippen LogP contribution in [0.2, 0.25) is 0 Å². The Kier molecular flexibility index (Phi) is 14.1. The highest BCUT2D eigenvalue weighted by molar-refractivity contribution is 7.14. The zero-order chi connectivity index (χ0) is 35.0. The molecule has 4 aliphatic rings. The molecular weight excluding hydrogens is 713 g/mol. The SMILES string of the molecule is C.C.O=C(Nc1cnccc1N1CCNCC1)c1csc(N2CCCC2)n1.O=C(Nc1cnccc1N1CCNCC1)c1csc(N2CCCC2=O)n1. The lowest BCUT2D eigenvalue weighted by molar-refractivity contribution is -0.117. The molecule has 4 aliphatic heterocycles. The number of pyridine rings is 2. The number of anilines is 6. The zero-order valence-electron chi connectivity index (χ0n) is 28.3. The van der Waals surface area contributed by atoms with Gasteiger partial charge in [-0.15, -0.1) is 22.7 Å². The van der Waals surface area contributed by atoms with Gasteiger partial charge in [-0.2, -0.15) is 0 Å². The van der Waals surface area contributed by atoms with E-state index in [0.29, 0.717) is 35.2 Å². The minimum atomic E-state index is -0.288. The van der Waals surface area contributed by atoms with E-state index in [4.69, 9.17) is 0 Å². The number of nitrogens with zero attached hydrogens (tertiary/aromatic N) is 8. The summed E-state index contributed by atoms with van der Waals surface area (Å²) >= 11 is 2.86. The summed E-state index contributed by atoms with van der Waals surface area (Å²) in [5.41, 5.74) is 4.18. The van der Waals surface area contributed by atoms with E-state index in [9.17, 15) is 14.4 Å². The number of nitrogens with one attached hydrogen (secondary N) is 4. The Morgan fingerprint density at radius 2 is 1.13 bits per heavy atom. The van der Waals surface area contributed by atoms with Gasteiger partial charge in [0, 0.05) is 102 Å². The van der Waals surface area contributed by atoms with Gasteiger partial charge in [0.25, 0.3) is 11.8 Å². The monoisotopic (exact) mass is 762 g/mol. The number of hydrogen-bond donors (Lipinski definition) is 4. The first-order valence-electron chi connectivity index (χ1n) is 17.4. The summed E-state index contributed by atoms with van der Waals surface area (Å²) in [5.74, 6) is -0.394. The molecule has 8 rings (SSSR count). The molecule has 0 aromatic carbocycles. The second kappa shape index (κ2) is 18.9. The van der Waals surface area contributed by atoms with E-state index < -0.39 is 0 Å². The van der Waals surface area contributed by atoms with Gasteiger partial charge in [0.1, 0.15) is 11.4 Å². The van der Waals surface area contributed by atoms with Crippen LogP contribution in [0, 0.1) is 0 Å². The highest BCUT2D eigenvalue weighted by atomic mass is 32.1. The van der Waals surface area contributed by atoms with Crippen LogP contribution in [0.15, 0.2) is 47.7 Å². The second-order valence-corrected chi connectivity index (χ2v) is 14.2. The second-order valence-electron chi connectivity index (χ2n) is 12.5. The van der Waals surface area contributed by atoms with Crippen molar-refractivity contribution < 1.29 is 14.4 Å². The van der Waals surface area contributed by atoms with Crippen molar-refractivity contribution in [3.63, 3.8) is 0 Å². The van der Waals surface area contributed by atoms with Crippen LogP contribution >= 0.6 is 22.7 Å². The van der Waals surface area contributed by atoms with Crippen LogP contribution in [0.3, 0.4) is 0 Å². The molecule has 15 nitrogen and oxygen atoms in total. The van der Waals surface area contributed by atoms with Crippen molar-refractivity contribution in [2.45, 2.75) is 40.5 Å². The maximum atomic E-state index is 12.6. The lowest BCUT2D eigenvalue weighted by atomic mass is 10.2. The molecule has 3 amide bonds. The molecular formula is C36H50N12O3S2. The van der Waals surface area contributed by atoms with Gasteiger partial charge in [0.15, 0.2) is 10.3 Å². The summed E-state index contributed by atoms with van der Waals surface area (Å²) in [6, 6.07) is 3.87. The Balaban J connectivity index is 0.000000197. The summed E-state index contributed by atoms with van der Waals surface area (Å²) in [5, 5.41) is 17.6. The molecule has 0 saturated carbocycles. The predicted octanol–water partition coefficient (Wildman–Crippen LogP) is 4.40. The Hall–Kier alpha value is -4.71. The van der Waals surface area contributed by atoms with Gasteiger partial charge in [-0.1, -0.05) is 14.9 Å². The van der Waals surface area contributed by atoms with E-state index in [1.165, 1.54) is 35.5 Å². The maximum Gasteiger partial charge on any atom is 0.275 e. The molecule has 4 saturated heterocycles. The summed E-state index contributed by atoms with van der Waals surface area (Å²) in [7, 11) is 0. The zero-order valence-corrected chi connectivity index (χ0v) is 30.0. The third kappa shape index (κ3) is 9.64. The van der Waals surface area contributed by atoms with Gasteiger partial charge in [-0.25, -0.2) is 9.97 Å². The van der Waals surface area contributed by atoms with Crippen molar-refractivity contribution in [2.75, 3.05) is 102 Å². The molecule has 0 spiro atoms. The number of hydrogen-bond acceptors (Lipinski definition) is 14. The van der Waals surface area contributed by atoms with Crippen LogP contribution in [0.1, 0.15) is 61.5 Å². The Morgan fingerprint density at radius 1 is 0.642 bits per heavy atom. The highest BCUT2D eigenvalue weighted by Gasteiger charge is 2.26. The molecule has 284 valence electrons. The predicted molar refractivity (Wildman–Crippen MR) is 215 cm³/mol. The smallest absolute Gasteiger partial charge is 0.275 e. The quantitative estimate of drug-likeness (QED) is 0.201. The number of carbonyl (C=O) groups is 3. The van der Waals surface area contributed by atoms with Gasteiger partial charge >= 0.3 is 0 Å². The summed E-state index contributed by atoms with van der Waals surface area (Å²) in [6.07, 6.45) is 10.6. The highest BCUT2D eigenvalue weighted by Crippen LogP contribution is 2.30. The minimum Gasteiger partial charge on any atom is -0.367 e. The van der Waals surface area contributed by atoms with E-state index in [1.807, 2.05) is 17.5 Å². The Bertz CT molecular complexity index is 1820. The van der Waals surface area contributed by atoms with E-state index in [2.05, 4.69) is 55.9 Å². The molecule has 4 fully saturated rings. The molecule has 0 unspecified atom stereocenters. The average molecular weight is 763 g/mol. The molecule has 0 bridgehead atoms. The number of thiazole rings is 2. The van der Waals surface area contributed by atoms with Crippen molar-refractivity contribution in [2.24, 2.45) is 0 Å². The standard InChI is InChI=1S/C17H20N6O2S.C17H22N6OS.2CH4/c24-15-2-1-7-23(15)17-21-13(11-26-17)16(25)20-12-10-19-4-3-14(12)22-8-5-18-6-9-22;24-16(14-12-25-17(21-14)23-7-1-2-8-23)20-13-11-19-4-3-15(13)22-9-5-18-6-10-22;;/h3-4,10-11,18H,1-2,5-9H2,(H,20,25);3-4,11-12,18H,1-2,5-10H2,(H,20,24);2*1H4. The summed E-state index contributed by atoms with van der Waals surface area (Å²) < 4.78 is 0. The first-order chi connectivity index (χ1) is 25.0. The van der Waals surface area contributed by atoms with Gasteiger partial charge in [-0.05, 0) is 31.4 Å². The first-order valence-corrected chi connectivity index (χ1v) is 19.2.